The van der Waals surface area contributed by atoms with Gasteiger partial charge in [0.25, 0.3) is 0 Å². The molecule has 29 heavy (non-hydrogen) atoms. The normalized spacial score (nSPS) is 21.5. The lowest BCUT2D eigenvalue weighted by atomic mass is 9.73. The van der Waals surface area contributed by atoms with E-state index in [-0.39, 0.29) is 23.2 Å². The topological polar surface area (TPSA) is 78.6 Å². The fourth-order valence-corrected chi connectivity index (χ4v) is 4.33. The fourth-order valence-electron chi connectivity index (χ4n) is 4.07. The maximum atomic E-state index is 13.3. The SMILES string of the molecule is COC(=O)C1=C(N)OC2=C(C(=O)CC(c3ccccc3)C2)C1c1ccc(Br)cc1. The molecular formula is C23H20BrNO4. The third kappa shape index (κ3) is 3.60. The Hall–Kier alpha value is -2.86. The number of esters is 1. The summed E-state index contributed by atoms with van der Waals surface area (Å²) in [5, 5.41) is 0. The first kappa shape index (κ1) is 19.5. The van der Waals surface area contributed by atoms with Crippen LogP contribution in [0.15, 0.2) is 81.9 Å². The molecule has 2 N–H and O–H groups in total. The lowest BCUT2D eigenvalue weighted by molar-refractivity contribution is -0.136. The van der Waals surface area contributed by atoms with E-state index in [0.29, 0.717) is 24.2 Å². The number of carbonyl (C=O) groups excluding carboxylic acids is 2. The molecule has 1 aliphatic carbocycles. The van der Waals surface area contributed by atoms with Gasteiger partial charge in [-0.3, -0.25) is 4.79 Å². The molecule has 2 aliphatic rings. The van der Waals surface area contributed by atoms with Crippen molar-refractivity contribution < 1.29 is 19.1 Å². The summed E-state index contributed by atoms with van der Waals surface area (Å²) in [6.07, 6.45) is 0.904. The largest absolute Gasteiger partial charge is 0.465 e. The van der Waals surface area contributed by atoms with Crippen molar-refractivity contribution in [2.45, 2.75) is 24.7 Å². The third-order valence-electron chi connectivity index (χ3n) is 5.42. The van der Waals surface area contributed by atoms with Crippen molar-refractivity contribution in [3.8, 4) is 0 Å². The van der Waals surface area contributed by atoms with Crippen LogP contribution in [-0.2, 0) is 19.1 Å². The monoisotopic (exact) mass is 453 g/mol. The number of hydrogen-bond donors (Lipinski definition) is 1. The van der Waals surface area contributed by atoms with E-state index in [0.717, 1.165) is 15.6 Å². The molecule has 0 radical (unpaired) electrons. The lowest BCUT2D eigenvalue weighted by Gasteiger charge is -2.35. The first-order valence-electron chi connectivity index (χ1n) is 9.32. The van der Waals surface area contributed by atoms with Gasteiger partial charge in [-0.15, -0.1) is 0 Å². The van der Waals surface area contributed by atoms with Crippen molar-refractivity contribution in [1.82, 2.24) is 0 Å². The molecule has 2 unspecified atom stereocenters. The standard InChI is InChI=1S/C23H20BrNO4/c1-28-23(27)21-19(14-7-9-16(24)10-8-14)20-17(26)11-15(12-18(20)29-22(21)25)13-5-3-2-4-6-13/h2-10,15,19H,11-12,25H2,1H3. The van der Waals surface area contributed by atoms with Crippen LogP contribution in [0.4, 0.5) is 0 Å². The zero-order chi connectivity index (χ0) is 20.5. The Morgan fingerprint density at radius 1 is 1.07 bits per heavy atom. The number of benzene rings is 2. The van der Waals surface area contributed by atoms with E-state index in [1.54, 1.807) is 0 Å². The van der Waals surface area contributed by atoms with Crippen molar-refractivity contribution in [3.05, 3.63) is 93.0 Å². The van der Waals surface area contributed by atoms with Gasteiger partial charge >= 0.3 is 5.97 Å². The molecule has 1 heterocycles. The highest BCUT2D eigenvalue weighted by Gasteiger charge is 2.43. The number of hydrogen-bond acceptors (Lipinski definition) is 5. The Balaban J connectivity index is 1.81. The van der Waals surface area contributed by atoms with Crippen LogP contribution in [0.2, 0.25) is 0 Å². The van der Waals surface area contributed by atoms with Crippen molar-refractivity contribution in [3.63, 3.8) is 0 Å². The first-order chi connectivity index (χ1) is 14.0. The molecule has 4 rings (SSSR count). The van der Waals surface area contributed by atoms with E-state index in [2.05, 4.69) is 15.9 Å². The Morgan fingerprint density at radius 3 is 2.41 bits per heavy atom. The third-order valence-corrected chi connectivity index (χ3v) is 5.95. The molecule has 0 saturated heterocycles. The van der Waals surface area contributed by atoms with Gasteiger partial charge in [0.1, 0.15) is 11.3 Å². The van der Waals surface area contributed by atoms with Crippen LogP contribution in [0.1, 0.15) is 35.8 Å². The number of halogens is 1. The van der Waals surface area contributed by atoms with Crippen LogP contribution in [0.5, 0.6) is 0 Å². The van der Waals surface area contributed by atoms with Gasteiger partial charge in [0.2, 0.25) is 5.88 Å². The van der Waals surface area contributed by atoms with Gasteiger partial charge < -0.3 is 15.2 Å². The Bertz CT molecular complexity index is 1020. The van der Waals surface area contributed by atoms with Crippen LogP contribution in [-0.4, -0.2) is 18.9 Å². The fraction of sp³-hybridized carbons (Fsp3) is 0.217. The van der Waals surface area contributed by atoms with E-state index in [1.807, 2.05) is 54.6 Å². The molecule has 0 bridgehead atoms. The summed E-state index contributed by atoms with van der Waals surface area (Å²) < 4.78 is 11.7. The number of Topliss-reactive ketones (excluding diaryl/α,β-unsaturated/α-hetero) is 1. The second-order valence-corrected chi connectivity index (χ2v) is 8.05. The summed E-state index contributed by atoms with van der Waals surface area (Å²) in [6.45, 7) is 0. The minimum Gasteiger partial charge on any atom is -0.465 e. The number of carbonyl (C=O) groups is 2. The van der Waals surface area contributed by atoms with E-state index in [1.165, 1.54) is 7.11 Å². The summed E-state index contributed by atoms with van der Waals surface area (Å²) in [6, 6.07) is 17.4. The number of rotatable bonds is 3. The van der Waals surface area contributed by atoms with E-state index in [9.17, 15) is 9.59 Å². The number of ketones is 1. The predicted octanol–water partition coefficient (Wildman–Crippen LogP) is 4.31. The smallest absolute Gasteiger partial charge is 0.340 e. The minimum absolute atomic E-state index is 0.00923. The van der Waals surface area contributed by atoms with E-state index in [4.69, 9.17) is 15.2 Å². The average molecular weight is 454 g/mol. The zero-order valence-corrected chi connectivity index (χ0v) is 17.4. The quantitative estimate of drug-likeness (QED) is 0.700. The molecule has 6 heteroatoms. The molecular weight excluding hydrogens is 434 g/mol. The van der Waals surface area contributed by atoms with Crippen LogP contribution in [0.3, 0.4) is 0 Å². The molecule has 0 spiro atoms. The highest BCUT2D eigenvalue weighted by atomic mass is 79.9. The van der Waals surface area contributed by atoms with Gasteiger partial charge in [-0.25, -0.2) is 4.79 Å². The summed E-state index contributed by atoms with van der Waals surface area (Å²) in [5.41, 5.74) is 8.68. The Labute approximate surface area is 177 Å². The van der Waals surface area contributed by atoms with Gasteiger partial charge in [-0.1, -0.05) is 58.4 Å². The molecule has 0 aromatic heterocycles. The molecule has 0 saturated carbocycles. The van der Waals surface area contributed by atoms with Crippen molar-refractivity contribution in [2.24, 2.45) is 5.73 Å². The molecule has 2 atom stereocenters. The number of ether oxygens (including phenoxy) is 2. The first-order valence-corrected chi connectivity index (χ1v) is 10.1. The zero-order valence-electron chi connectivity index (χ0n) is 15.9. The van der Waals surface area contributed by atoms with Crippen LogP contribution >= 0.6 is 15.9 Å². The second-order valence-electron chi connectivity index (χ2n) is 7.13. The highest BCUT2D eigenvalue weighted by Crippen LogP contribution is 2.47. The number of methoxy groups -OCH3 is 1. The van der Waals surface area contributed by atoms with Gasteiger partial charge in [-0.2, -0.15) is 0 Å². The van der Waals surface area contributed by atoms with Crippen LogP contribution in [0, 0.1) is 0 Å². The van der Waals surface area contributed by atoms with Gasteiger partial charge in [0.05, 0.1) is 13.0 Å². The van der Waals surface area contributed by atoms with Crippen molar-refractivity contribution in [1.29, 1.82) is 0 Å². The molecule has 5 nitrogen and oxygen atoms in total. The number of nitrogens with two attached hydrogens (primary N) is 1. The Kier molecular flexibility index (Phi) is 5.28. The maximum Gasteiger partial charge on any atom is 0.340 e. The van der Waals surface area contributed by atoms with Crippen molar-refractivity contribution >= 4 is 27.7 Å². The second kappa shape index (κ2) is 7.87. The summed E-state index contributed by atoms with van der Waals surface area (Å²) in [5.74, 6) is -0.705. The summed E-state index contributed by atoms with van der Waals surface area (Å²) in [7, 11) is 1.29. The van der Waals surface area contributed by atoms with E-state index >= 15 is 0 Å². The molecule has 0 fully saturated rings. The summed E-state index contributed by atoms with van der Waals surface area (Å²) in [4.78, 5) is 25.8. The van der Waals surface area contributed by atoms with Crippen LogP contribution < -0.4 is 5.73 Å². The van der Waals surface area contributed by atoms with E-state index < -0.39 is 11.9 Å². The van der Waals surface area contributed by atoms with Gasteiger partial charge in [0, 0.05) is 22.9 Å². The van der Waals surface area contributed by atoms with Crippen molar-refractivity contribution in [2.75, 3.05) is 7.11 Å². The molecule has 148 valence electrons. The molecule has 2 aromatic rings. The van der Waals surface area contributed by atoms with Crippen LogP contribution in [0.25, 0.3) is 0 Å². The van der Waals surface area contributed by atoms with Gasteiger partial charge in [0.15, 0.2) is 5.78 Å². The lowest BCUT2D eigenvalue weighted by Crippen LogP contribution is -2.32. The predicted molar refractivity (Wildman–Crippen MR) is 112 cm³/mol. The highest BCUT2D eigenvalue weighted by molar-refractivity contribution is 9.10. The Morgan fingerprint density at radius 2 is 1.76 bits per heavy atom. The minimum atomic E-state index is -0.608. The molecule has 2 aromatic carbocycles. The maximum absolute atomic E-state index is 13.3. The van der Waals surface area contributed by atoms with Gasteiger partial charge in [-0.05, 0) is 29.2 Å². The average Bonchev–Trinajstić information content (AvgIpc) is 2.73. The number of allylic oxidation sites excluding steroid dienone is 2. The summed E-state index contributed by atoms with van der Waals surface area (Å²) >= 11 is 3.42. The molecule has 0 amide bonds. The molecule has 1 aliphatic heterocycles.